The molecule has 0 bridgehead atoms. The standard InChI is InChI=1S/C23H27N5S/c1-15(2)28-22(21(26-23(28)29)20-7-5-6-10-25-20)19-13-16(3)27(17(19)4)14-18-8-11-24-12-9-18/h5-13,15,21-22H,14H2,1-4H3,(H,26,29). The lowest BCUT2D eigenvalue weighted by Crippen LogP contribution is -2.35. The number of hydrogen-bond donors (Lipinski definition) is 1. The van der Waals surface area contributed by atoms with Crippen LogP contribution in [0.15, 0.2) is 55.0 Å². The lowest BCUT2D eigenvalue weighted by molar-refractivity contribution is 0.268. The molecule has 4 rings (SSSR count). The van der Waals surface area contributed by atoms with Crippen molar-refractivity contribution in [3.05, 3.63) is 83.2 Å². The third-order valence-corrected chi connectivity index (χ3v) is 6.04. The van der Waals surface area contributed by atoms with Gasteiger partial charge in [0.15, 0.2) is 5.11 Å². The van der Waals surface area contributed by atoms with Crippen molar-refractivity contribution in [2.24, 2.45) is 0 Å². The van der Waals surface area contributed by atoms with Crippen LogP contribution in [-0.4, -0.2) is 30.6 Å². The lowest BCUT2D eigenvalue weighted by Gasteiger charge is -2.31. The fourth-order valence-electron chi connectivity index (χ4n) is 4.30. The lowest BCUT2D eigenvalue weighted by atomic mass is 9.96. The molecule has 2 unspecified atom stereocenters. The highest BCUT2D eigenvalue weighted by molar-refractivity contribution is 7.80. The van der Waals surface area contributed by atoms with Crippen LogP contribution < -0.4 is 5.32 Å². The van der Waals surface area contributed by atoms with Gasteiger partial charge in [-0.2, -0.15) is 0 Å². The van der Waals surface area contributed by atoms with Crippen LogP contribution in [0.2, 0.25) is 0 Å². The first-order valence-corrected chi connectivity index (χ1v) is 10.4. The van der Waals surface area contributed by atoms with Gasteiger partial charge in [-0.3, -0.25) is 9.97 Å². The van der Waals surface area contributed by atoms with E-state index in [2.05, 4.69) is 76.7 Å². The predicted molar refractivity (Wildman–Crippen MR) is 120 cm³/mol. The van der Waals surface area contributed by atoms with Crippen molar-refractivity contribution in [2.45, 2.75) is 52.4 Å². The monoisotopic (exact) mass is 405 g/mol. The summed E-state index contributed by atoms with van der Waals surface area (Å²) in [4.78, 5) is 11.1. The van der Waals surface area contributed by atoms with Crippen LogP contribution in [0.3, 0.4) is 0 Å². The molecule has 150 valence electrons. The highest BCUT2D eigenvalue weighted by Gasteiger charge is 2.42. The quantitative estimate of drug-likeness (QED) is 0.641. The minimum atomic E-state index is 0.0287. The summed E-state index contributed by atoms with van der Waals surface area (Å²) in [5, 5.41) is 4.32. The van der Waals surface area contributed by atoms with E-state index in [1.807, 2.05) is 30.7 Å². The average Bonchev–Trinajstić information content (AvgIpc) is 3.20. The first-order chi connectivity index (χ1) is 14.0. The zero-order valence-corrected chi connectivity index (χ0v) is 18.1. The third kappa shape index (κ3) is 3.65. The minimum absolute atomic E-state index is 0.0287. The van der Waals surface area contributed by atoms with Gasteiger partial charge in [0.25, 0.3) is 0 Å². The van der Waals surface area contributed by atoms with Crippen LogP contribution in [-0.2, 0) is 6.54 Å². The summed E-state index contributed by atoms with van der Waals surface area (Å²) in [7, 11) is 0. The molecule has 4 heterocycles. The zero-order chi connectivity index (χ0) is 20.5. The summed E-state index contributed by atoms with van der Waals surface area (Å²) in [5.41, 5.74) is 6.07. The second-order valence-corrected chi connectivity index (χ2v) is 8.28. The molecule has 1 N–H and O–H groups in total. The maximum atomic E-state index is 5.73. The molecule has 29 heavy (non-hydrogen) atoms. The molecule has 1 saturated heterocycles. The summed E-state index contributed by atoms with van der Waals surface area (Å²) in [5.74, 6) is 0. The van der Waals surface area contributed by atoms with Crippen molar-refractivity contribution in [1.82, 2.24) is 24.8 Å². The Morgan fingerprint density at radius 2 is 1.86 bits per heavy atom. The van der Waals surface area contributed by atoms with Crippen LogP contribution in [0.4, 0.5) is 0 Å². The largest absolute Gasteiger partial charge is 0.352 e. The van der Waals surface area contributed by atoms with Crippen LogP contribution in [0.25, 0.3) is 0 Å². The highest BCUT2D eigenvalue weighted by Crippen LogP contribution is 2.41. The van der Waals surface area contributed by atoms with Crippen molar-refractivity contribution >= 4 is 17.3 Å². The predicted octanol–water partition coefficient (Wildman–Crippen LogP) is 4.32. The maximum Gasteiger partial charge on any atom is 0.170 e. The van der Waals surface area contributed by atoms with Crippen LogP contribution in [0, 0.1) is 13.8 Å². The van der Waals surface area contributed by atoms with Crippen LogP contribution in [0.5, 0.6) is 0 Å². The SMILES string of the molecule is Cc1cc(C2C(c3ccccn3)NC(=S)N2C(C)C)c(C)n1Cc1ccncc1. The van der Waals surface area contributed by atoms with E-state index in [1.165, 1.54) is 22.5 Å². The fraction of sp³-hybridized carbons (Fsp3) is 0.348. The fourth-order valence-corrected chi connectivity index (χ4v) is 4.75. The smallest absolute Gasteiger partial charge is 0.170 e. The van der Waals surface area contributed by atoms with Gasteiger partial charge < -0.3 is 14.8 Å². The zero-order valence-electron chi connectivity index (χ0n) is 17.3. The van der Waals surface area contributed by atoms with Crippen LogP contribution in [0.1, 0.15) is 54.1 Å². The third-order valence-electron chi connectivity index (χ3n) is 5.71. The molecule has 2 atom stereocenters. The molecular formula is C23H27N5S. The Hall–Kier alpha value is -2.73. The topological polar surface area (TPSA) is 46.0 Å². The summed E-state index contributed by atoms with van der Waals surface area (Å²) >= 11 is 5.73. The Labute approximate surface area is 177 Å². The molecule has 0 aromatic carbocycles. The Bertz CT molecular complexity index is 997. The molecule has 3 aromatic rings. The van der Waals surface area contributed by atoms with Gasteiger partial charge in [-0.25, -0.2) is 0 Å². The summed E-state index contributed by atoms with van der Waals surface area (Å²) in [6.45, 7) is 9.60. The van der Waals surface area contributed by atoms with Gasteiger partial charge in [-0.1, -0.05) is 6.07 Å². The number of pyridine rings is 2. The van der Waals surface area contributed by atoms with E-state index in [1.54, 1.807) is 0 Å². The van der Waals surface area contributed by atoms with E-state index in [0.29, 0.717) is 0 Å². The maximum absolute atomic E-state index is 5.73. The van der Waals surface area contributed by atoms with Gasteiger partial charge in [0.05, 0.1) is 17.8 Å². The van der Waals surface area contributed by atoms with Crippen LogP contribution >= 0.6 is 12.2 Å². The van der Waals surface area contributed by atoms with Crippen molar-refractivity contribution in [3.8, 4) is 0 Å². The summed E-state index contributed by atoms with van der Waals surface area (Å²) in [6, 6.07) is 12.9. The molecule has 0 amide bonds. The van der Waals surface area contributed by atoms with Gasteiger partial charge >= 0.3 is 0 Å². The van der Waals surface area contributed by atoms with Crippen molar-refractivity contribution in [3.63, 3.8) is 0 Å². The number of aromatic nitrogens is 3. The first kappa shape index (κ1) is 19.6. The van der Waals surface area contributed by atoms with E-state index in [0.717, 1.165) is 17.4 Å². The number of hydrogen-bond acceptors (Lipinski definition) is 3. The van der Waals surface area contributed by atoms with E-state index in [4.69, 9.17) is 12.2 Å². The molecule has 1 fully saturated rings. The molecule has 0 aliphatic carbocycles. The van der Waals surface area contributed by atoms with E-state index in [-0.39, 0.29) is 18.1 Å². The molecule has 0 saturated carbocycles. The molecule has 0 radical (unpaired) electrons. The Morgan fingerprint density at radius 3 is 2.52 bits per heavy atom. The van der Waals surface area contributed by atoms with E-state index < -0.39 is 0 Å². The van der Waals surface area contributed by atoms with Crippen molar-refractivity contribution in [2.75, 3.05) is 0 Å². The number of rotatable bonds is 5. The van der Waals surface area contributed by atoms with Gasteiger partial charge in [-0.05, 0) is 81.4 Å². The molecule has 0 spiro atoms. The van der Waals surface area contributed by atoms with Crippen molar-refractivity contribution < 1.29 is 0 Å². The number of nitrogens with zero attached hydrogens (tertiary/aromatic N) is 4. The normalized spacial score (nSPS) is 19.1. The number of aryl methyl sites for hydroxylation is 1. The Kier molecular flexibility index (Phi) is 5.37. The van der Waals surface area contributed by atoms with Gasteiger partial charge in [0.1, 0.15) is 0 Å². The second kappa shape index (κ2) is 7.95. The Morgan fingerprint density at radius 1 is 1.10 bits per heavy atom. The van der Waals surface area contributed by atoms with Gasteiger partial charge in [0.2, 0.25) is 0 Å². The summed E-state index contributed by atoms with van der Waals surface area (Å²) < 4.78 is 2.38. The number of thiocarbonyl (C=S) groups is 1. The molecule has 3 aromatic heterocycles. The first-order valence-electron chi connectivity index (χ1n) is 10.0. The van der Waals surface area contributed by atoms with E-state index >= 15 is 0 Å². The average molecular weight is 406 g/mol. The van der Waals surface area contributed by atoms with Gasteiger partial charge in [0, 0.05) is 42.6 Å². The molecular weight excluding hydrogens is 378 g/mol. The molecule has 1 aliphatic heterocycles. The second-order valence-electron chi connectivity index (χ2n) is 7.90. The molecule has 1 aliphatic rings. The van der Waals surface area contributed by atoms with Crippen molar-refractivity contribution in [1.29, 1.82) is 0 Å². The molecule has 5 nitrogen and oxygen atoms in total. The summed E-state index contributed by atoms with van der Waals surface area (Å²) in [6.07, 6.45) is 5.55. The highest BCUT2D eigenvalue weighted by atomic mass is 32.1. The van der Waals surface area contributed by atoms with Gasteiger partial charge in [-0.15, -0.1) is 0 Å². The van der Waals surface area contributed by atoms with E-state index in [9.17, 15) is 0 Å². The Balaban J connectivity index is 1.77. The minimum Gasteiger partial charge on any atom is -0.352 e. The molecule has 6 heteroatoms. The number of nitrogens with one attached hydrogen (secondary N) is 1.